The van der Waals surface area contributed by atoms with Crippen molar-refractivity contribution >= 4 is 58.3 Å². The van der Waals surface area contributed by atoms with Crippen LogP contribution in [0.25, 0.3) is 28.7 Å². The van der Waals surface area contributed by atoms with E-state index in [1.54, 1.807) is 66.7 Å². The van der Waals surface area contributed by atoms with Crippen LogP contribution < -0.4 is 0 Å². The standard InChI is InChI=1S/C23H12Cl4O3/c24-14-1-4-18(19(27)12-14)22-7-8-23(30-22)20(28)5-2-17-3-6-21(29-17)13-9-15(25)11-16(26)10-13/h1-12H. The Bertz CT molecular complexity index is 1250. The number of furan rings is 2. The molecule has 2 aromatic carbocycles. The number of hydrogen-bond donors (Lipinski definition) is 0. The molecule has 0 spiro atoms. The van der Waals surface area contributed by atoms with Crippen molar-refractivity contribution in [2.75, 3.05) is 0 Å². The Hall–Kier alpha value is -2.43. The minimum Gasteiger partial charge on any atom is -0.457 e. The Morgan fingerprint density at radius 1 is 0.733 bits per heavy atom. The molecule has 2 aromatic heterocycles. The molecule has 0 N–H and O–H groups in total. The van der Waals surface area contributed by atoms with Crippen molar-refractivity contribution in [3.63, 3.8) is 0 Å². The molecule has 0 fully saturated rings. The lowest BCUT2D eigenvalue weighted by atomic mass is 10.2. The van der Waals surface area contributed by atoms with E-state index >= 15 is 0 Å². The fourth-order valence-electron chi connectivity index (χ4n) is 2.84. The van der Waals surface area contributed by atoms with Gasteiger partial charge in [-0.15, -0.1) is 0 Å². The van der Waals surface area contributed by atoms with Gasteiger partial charge < -0.3 is 8.83 Å². The maximum absolute atomic E-state index is 12.5. The van der Waals surface area contributed by atoms with Gasteiger partial charge in [0.05, 0.1) is 5.02 Å². The van der Waals surface area contributed by atoms with E-state index in [4.69, 9.17) is 55.2 Å². The second-order valence-corrected chi connectivity index (χ2v) is 8.06. The maximum Gasteiger partial charge on any atom is 0.221 e. The van der Waals surface area contributed by atoms with Gasteiger partial charge in [0.2, 0.25) is 5.78 Å². The number of halogens is 4. The molecule has 0 amide bonds. The van der Waals surface area contributed by atoms with Gasteiger partial charge >= 0.3 is 0 Å². The Balaban J connectivity index is 1.51. The Labute approximate surface area is 192 Å². The summed E-state index contributed by atoms with van der Waals surface area (Å²) in [5.41, 5.74) is 1.40. The van der Waals surface area contributed by atoms with Gasteiger partial charge in [-0.2, -0.15) is 0 Å². The van der Waals surface area contributed by atoms with Gasteiger partial charge in [0.15, 0.2) is 5.76 Å². The number of hydrogen-bond acceptors (Lipinski definition) is 3. The average molecular weight is 478 g/mol. The van der Waals surface area contributed by atoms with Crippen LogP contribution in [0.5, 0.6) is 0 Å². The highest BCUT2D eigenvalue weighted by atomic mass is 35.5. The highest BCUT2D eigenvalue weighted by Crippen LogP contribution is 2.32. The zero-order chi connectivity index (χ0) is 21.3. The number of ketones is 1. The normalized spacial score (nSPS) is 11.3. The second-order valence-electron chi connectivity index (χ2n) is 6.35. The summed E-state index contributed by atoms with van der Waals surface area (Å²) in [5, 5.41) is 1.98. The Morgan fingerprint density at radius 3 is 2.20 bits per heavy atom. The summed E-state index contributed by atoms with van der Waals surface area (Å²) in [5.74, 6) is 1.44. The summed E-state index contributed by atoms with van der Waals surface area (Å²) in [6, 6.07) is 17.0. The predicted molar refractivity (Wildman–Crippen MR) is 122 cm³/mol. The molecule has 0 aliphatic heterocycles. The molecule has 0 aliphatic rings. The molecule has 4 aromatic rings. The third-order valence-corrected chi connectivity index (χ3v) is 5.20. The molecule has 3 nitrogen and oxygen atoms in total. The van der Waals surface area contributed by atoms with Crippen LogP contribution in [0.3, 0.4) is 0 Å². The zero-order valence-corrected chi connectivity index (χ0v) is 18.2. The monoisotopic (exact) mass is 476 g/mol. The van der Waals surface area contributed by atoms with Gasteiger partial charge in [-0.3, -0.25) is 4.79 Å². The minimum atomic E-state index is -0.310. The van der Waals surface area contributed by atoms with Crippen LogP contribution in [-0.2, 0) is 0 Å². The summed E-state index contributed by atoms with van der Waals surface area (Å²) >= 11 is 24.2. The van der Waals surface area contributed by atoms with Gasteiger partial charge in [-0.05, 0) is 72.8 Å². The molecule has 0 bridgehead atoms. The summed E-state index contributed by atoms with van der Waals surface area (Å²) in [6.45, 7) is 0. The lowest BCUT2D eigenvalue weighted by Gasteiger charge is -2.00. The highest BCUT2D eigenvalue weighted by molar-refractivity contribution is 6.36. The van der Waals surface area contributed by atoms with Crippen molar-refractivity contribution in [3.05, 3.63) is 98.4 Å². The first kappa shape index (κ1) is 20.8. The molecular formula is C23H12Cl4O3. The summed E-state index contributed by atoms with van der Waals surface area (Å²) in [4.78, 5) is 12.5. The summed E-state index contributed by atoms with van der Waals surface area (Å²) < 4.78 is 11.4. The number of rotatable bonds is 5. The van der Waals surface area contributed by atoms with Gasteiger partial charge in [0.25, 0.3) is 0 Å². The molecule has 4 rings (SSSR count). The molecule has 2 heterocycles. The van der Waals surface area contributed by atoms with Crippen molar-refractivity contribution in [2.24, 2.45) is 0 Å². The third kappa shape index (κ3) is 4.66. The van der Waals surface area contributed by atoms with Crippen LogP contribution in [0.1, 0.15) is 16.3 Å². The maximum atomic E-state index is 12.5. The van der Waals surface area contributed by atoms with E-state index in [1.165, 1.54) is 6.08 Å². The number of benzene rings is 2. The van der Waals surface area contributed by atoms with E-state index in [0.29, 0.717) is 42.9 Å². The topological polar surface area (TPSA) is 43.4 Å². The Morgan fingerprint density at radius 2 is 1.47 bits per heavy atom. The summed E-state index contributed by atoms with van der Waals surface area (Å²) in [7, 11) is 0. The average Bonchev–Trinajstić information content (AvgIpc) is 3.35. The fourth-order valence-corrected chi connectivity index (χ4v) is 3.87. The number of allylic oxidation sites excluding steroid dienone is 1. The largest absolute Gasteiger partial charge is 0.457 e. The van der Waals surface area contributed by atoms with Crippen molar-refractivity contribution in [2.45, 2.75) is 0 Å². The molecule has 30 heavy (non-hydrogen) atoms. The highest BCUT2D eigenvalue weighted by Gasteiger charge is 2.13. The van der Waals surface area contributed by atoms with Crippen molar-refractivity contribution in [1.82, 2.24) is 0 Å². The van der Waals surface area contributed by atoms with E-state index in [2.05, 4.69) is 0 Å². The first-order valence-corrected chi connectivity index (χ1v) is 10.2. The van der Waals surface area contributed by atoms with E-state index < -0.39 is 0 Å². The van der Waals surface area contributed by atoms with Gasteiger partial charge in [-0.25, -0.2) is 0 Å². The van der Waals surface area contributed by atoms with Crippen molar-refractivity contribution in [1.29, 1.82) is 0 Å². The Kier molecular flexibility index (Phi) is 6.07. The van der Waals surface area contributed by atoms with Crippen LogP contribution in [-0.4, -0.2) is 5.78 Å². The zero-order valence-electron chi connectivity index (χ0n) is 15.2. The van der Waals surface area contributed by atoms with Crippen LogP contribution >= 0.6 is 46.4 Å². The van der Waals surface area contributed by atoms with E-state index in [1.807, 2.05) is 0 Å². The van der Waals surface area contributed by atoms with Crippen molar-refractivity contribution < 1.29 is 13.6 Å². The predicted octanol–water partition coefficient (Wildman–Crippen LogP) is 8.72. The lowest BCUT2D eigenvalue weighted by Crippen LogP contribution is -1.90. The second kappa shape index (κ2) is 8.75. The van der Waals surface area contributed by atoms with Crippen LogP contribution in [0, 0.1) is 0 Å². The molecule has 0 aliphatic carbocycles. The lowest BCUT2D eigenvalue weighted by molar-refractivity contribution is 0.102. The van der Waals surface area contributed by atoms with Gasteiger partial charge in [0, 0.05) is 26.2 Å². The van der Waals surface area contributed by atoms with Crippen LogP contribution in [0.15, 0.2) is 75.6 Å². The molecule has 0 saturated heterocycles. The number of carbonyl (C=O) groups is 1. The molecular weight excluding hydrogens is 466 g/mol. The fraction of sp³-hybridized carbons (Fsp3) is 0. The van der Waals surface area contributed by atoms with Gasteiger partial charge in [0.1, 0.15) is 17.3 Å². The molecule has 0 saturated carbocycles. The van der Waals surface area contributed by atoms with Crippen molar-refractivity contribution in [3.8, 4) is 22.6 Å². The molecule has 150 valence electrons. The first-order valence-electron chi connectivity index (χ1n) is 8.73. The summed E-state index contributed by atoms with van der Waals surface area (Å²) in [6.07, 6.45) is 2.94. The minimum absolute atomic E-state index is 0.181. The molecule has 0 unspecified atom stereocenters. The molecule has 7 heteroatoms. The number of carbonyl (C=O) groups excluding carboxylic acids is 1. The third-order valence-electron chi connectivity index (χ3n) is 4.22. The molecule has 0 radical (unpaired) electrons. The first-order chi connectivity index (χ1) is 14.4. The van der Waals surface area contributed by atoms with E-state index in [-0.39, 0.29) is 11.5 Å². The van der Waals surface area contributed by atoms with Crippen LogP contribution in [0.4, 0.5) is 0 Å². The van der Waals surface area contributed by atoms with E-state index in [9.17, 15) is 4.79 Å². The van der Waals surface area contributed by atoms with E-state index in [0.717, 1.165) is 5.56 Å². The molecule has 0 atom stereocenters. The van der Waals surface area contributed by atoms with Crippen LogP contribution in [0.2, 0.25) is 20.1 Å². The smallest absolute Gasteiger partial charge is 0.221 e. The quantitative estimate of drug-likeness (QED) is 0.213. The van der Waals surface area contributed by atoms with Gasteiger partial charge in [-0.1, -0.05) is 46.4 Å². The SMILES string of the molecule is O=C(C=Cc1ccc(-c2cc(Cl)cc(Cl)c2)o1)c1ccc(-c2ccc(Cl)cc2Cl)o1.